The van der Waals surface area contributed by atoms with Crippen molar-refractivity contribution in [2.75, 3.05) is 27.8 Å². The number of likely N-dealkylation sites (N-methyl/N-ethyl adjacent to an activating group) is 2. The number of carbonyl (C=O) groups is 4. The molecule has 10 nitrogen and oxygen atoms in total. The van der Waals surface area contributed by atoms with Crippen molar-refractivity contribution in [3.8, 4) is 11.1 Å². The van der Waals surface area contributed by atoms with Crippen LogP contribution >= 0.6 is 0 Å². The number of amides is 3. The molecular weight excluding hydrogens is 598 g/mol. The van der Waals surface area contributed by atoms with Gasteiger partial charge in [-0.05, 0) is 46.4 Å². The van der Waals surface area contributed by atoms with E-state index in [0.29, 0.717) is 0 Å². The van der Waals surface area contributed by atoms with E-state index < -0.39 is 42.2 Å². The fraction of sp³-hybridized carbons (Fsp3) is 0.568. The maximum atomic E-state index is 14.0. The summed E-state index contributed by atoms with van der Waals surface area (Å²) in [6.07, 6.45) is -0.216. The Balaban J connectivity index is 1.76. The topological polar surface area (TPSA) is 125 Å². The number of fused-ring (bicyclic) bond motifs is 3. The van der Waals surface area contributed by atoms with Gasteiger partial charge in [0.05, 0.1) is 12.1 Å². The van der Waals surface area contributed by atoms with Crippen molar-refractivity contribution in [2.45, 2.75) is 91.0 Å². The van der Waals surface area contributed by atoms with E-state index in [-0.39, 0.29) is 49.0 Å². The number of carboxylic acids is 1. The number of hydrogen-bond acceptors (Lipinski definition) is 6. The molecule has 1 aliphatic rings. The Labute approximate surface area is 279 Å². The molecule has 0 bridgehead atoms. The molecule has 10 heteroatoms. The molecule has 0 aliphatic heterocycles. The van der Waals surface area contributed by atoms with Crippen molar-refractivity contribution in [3.05, 3.63) is 59.7 Å². The van der Waals surface area contributed by atoms with Gasteiger partial charge in [0.25, 0.3) is 0 Å². The van der Waals surface area contributed by atoms with Gasteiger partial charge in [-0.15, -0.1) is 0 Å². The first-order chi connectivity index (χ1) is 22.2. The molecule has 0 saturated carbocycles. The van der Waals surface area contributed by atoms with Gasteiger partial charge in [0, 0.05) is 33.5 Å². The van der Waals surface area contributed by atoms with Gasteiger partial charge in [-0.25, -0.2) is 4.79 Å². The van der Waals surface area contributed by atoms with E-state index in [1.54, 1.807) is 19.0 Å². The van der Waals surface area contributed by atoms with Crippen LogP contribution in [0.1, 0.15) is 77.8 Å². The summed E-state index contributed by atoms with van der Waals surface area (Å²) in [6, 6.07) is 14.0. The minimum Gasteiger partial charge on any atom is -0.481 e. The highest BCUT2D eigenvalue weighted by Gasteiger charge is 2.39. The zero-order chi connectivity index (χ0) is 35.0. The second-order valence-electron chi connectivity index (χ2n) is 13.4. The molecule has 0 radical (unpaired) electrons. The molecule has 1 aliphatic carbocycles. The molecule has 0 saturated heterocycles. The summed E-state index contributed by atoms with van der Waals surface area (Å²) in [6.45, 7) is 11.5. The molecule has 3 amide bonds. The van der Waals surface area contributed by atoms with E-state index in [2.05, 4.69) is 29.6 Å². The zero-order valence-electron chi connectivity index (χ0n) is 29.4. The summed E-state index contributed by atoms with van der Waals surface area (Å²) < 4.78 is 11.5. The van der Waals surface area contributed by atoms with Gasteiger partial charge >= 0.3 is 12.1 Å². The highest BCUT2D eigenvalue weighted by atomic mass is 16.6. The van der Waals surface area contributed by atoms with Crippen molar-refractivity contribution in [1.82, 2.24) is 15.1 Å². The number of ether oxygens (including phenoxy) is 2. The van der Waals surface area contributed by atoms with Crippen LogP contribution in [0, 0.1) is 17.8 Å². The molecule has 0 spiro atoms. The predicted octanol–water partition coefficient (Wildman–Crippen LogP) is 5.79. The maximum Gasteiger partial charge on any atom is 0.410 e. The van der Waals surface area contributed by atoms with Crippen LogP contribution in [0.4, 0.5) is 4.79 Å². The molecule has 0 unspecified atom stereocenters. The van der Waals surface area contributed by atoms with Crippen LogP contribution in [0.25, 0.3) is 11.1 Å². The highest BCUT2D eigenvalue weighted by molar-refractivity contribution is 5.91. The lowest BCUT2D eigenvalue weighted by atomic mass is 9.89. The van der Waals surface area contributed by atoms with E-state index in [4.69, 9.17) is 9.47 Å². The molecule has 2 aromatic carbocycles. The SMILES string of the molecule is CC[C@H](C)[C@@H]([C@@H](CCC(=O)O)OC)N(C)C(=O)[C@@H](NC(=O)[C@H](C(C)C)N(C)C(=O)OCC1c2ccccc2-c2ccccc21)C(C)C. The summed E-state index contributed by atoms with van der Waals surface area (Å²) in [5, 5.41) is 12.2. The molecule has 2 aromatic rings. The first-order valence-electron chi connectivity index (χ1n) is 16.6. The average Bonchev–Trinajstić information content (AvgIpc) is 3.36. The molecule has 2 N–H and O–H groups in total. The fourth-order valence-corrected chi connectivity index (χ4v) is 6.79. The third-order valence-electron chi connectivity index (χ3n) is 9.52. The van der Waals surface area contributed by atoms with Gasteiger partial charge in [-0.2, -0.15) is 0 Å². The van der Waals surface area contributed by atoms with Gasteiger partial charge < -0.3 is 24.8 Å². The first-order valence-corrected chi connectivity index (χ1v) is 16.6. The number of nitrogens with one attached hydrogen (secondary N) is 1. The predicted molar refractivity (Wildman–Crippen MR) is 182 cm³/mol. The van der Waals surface area contributed by atoms with Crippen molar-refractivity contribution in [3.63, 3.8) is 0 Å². The highest BCUT2D eigenvalue weighted by Crippen LogP contribution is 2.44. The van der Waals surface area contributed by atoms with Gasteiger partial charge in [-0.3, -0.25) is 19.3 Å². The Morgan fingerprint density at radius 3 is 1.89 bits per heavy atom. The quantitative estimate of drug-likeness (QED) is 0.236. The average molecular weight is 652 g/mol. The lowest BCUT2D eigenvalue weighted by molar-refractivity contribution is -0.144. The Morgan fingerprint density at radius 1 is 0.872 bits per heavy atom. The van der Waals surface area contributed by atoms with E-state index in [1.165, 1.54) is 12.0 Å². The largest absolute Gasteiger partial charge is 0.481 e. The summed E-state index contributed by atoms with van der Waals surface area (Å²) in [5.41, 5.74) is 4.44. The van der Waals surface area contributed by atoms with Crippen molar-refractivity contribution in [1.29, 1.82) is 0 Å². The van der Waals surface area contributed by atoms with Crippen molar-refractivity contribution in [2.24, 2.45) is 17.8 Å². The third kappa shape index (κ3) is 8.71. The van der Waals surface area contributed by atoms with Crippen LogP contribution in [-0.2, 0) is 23.9 Å². The number of aliphatic carboxylic acids is 1. The summed E-state index contributed by atoms with van der Waals surface area (Å²) in [7, 11) is 4.75. The second kappa shape index (κ2) is 16.8. The Hall–Kier alpha value is -3.92. The summed E-state index contributed by atoms with van der Waals surface area (Å²) in [5.74, 6) is -2.34. The summed E-state index contributed by atoms with van der Waals surface area (Å²) >= 11 is 0. The second-order valence-corrected chi connectivity index (χ2v) is 13.4. The number of methoxy groups -OCH3 is 1. The van der Waals surface area contributed by atoms with Crippen molar-refractivity contribution < 1.29 is 33.8 Å². The molecule has 47 heavy (non-hydrogen) atoms. The molecule has 3 rings (SSSR count). The number of hydrogen-bond donors (Lipinski definition) is 2. The van der Waals surface area contributed by atoms with Crippen LogP contribution < -0.4 is 5.32 Å². The number of carbonyl (C=O) groups excluding carboxylic acids is 3. The molecule has 258 valence electrons. The Morgan fingerprint density at radius 2 is 1.43 bits per heavy atom. The van der Waals surface area contributed by atoms with Gasteiger partial charge in [0.1, 0.15) is 18.7 Å². The van der Waals surface area contributed by atoms with Crippen LogP contribution in [0.15, 0.2) is 48.5 Å². The minimum atomic E-state index is -0.934. The molecule has 0 heterocycles. The van der Waals surface area contributed by atoms with Crippen LogP contribution in [0.3, 0.4) is 0 Å². The van der Waals surface area contributed by atoms with E-state index >= 15 is 0 Å². The monoisotopic (exact) mass is 651 g/mol. The normalized spacial score (nSPS) is 15.6. The van der Waals surface area contributed by atoms with Gasteiger partial charge in [-0.1, -0.05) is 96.5 Å². The first kappa shape index (κ1) is 37.5. The molecular formula is C37H53N3O7. The number of rotatable bonds is 16. The van der Waals surface area contributed by atoms with E-state index in [9.17, 15) is 24.3 Å². The van der Waals surface area contributed by atoms with Crippen LogP contribution in [0.2, 0.25) is 0 Å². The molecule has 0 fully saturated rings. The minimum absolute atomic E-state index is 0.00863. The van der Waals surface area contributed by atoms with E-state index in [0.717, 1.165) is 28.7 Å². The standard InChI is InChI=1S/C37H53N3O7/c1-10-24(6)34(30(46-9)19-20-31(41)42)39(7)36(44)32(22(2)3)38-35(43)33(23(4)5)40(8)37(45)47-21-29-27-17-13-11-15-25(27)26-16-12-14-18-28(26)29/h11-18,22-24,29-30,32-34H,10,19-21H2,1-9H3,(H,38,43)(H,41,42)/t24-,30+,32-,33-,34-/m0/s1. The lowest BCUT2D eigenvalue weighted by Gasteiger charge is -2.40. The molecule has 5 atom stereocenters. The van der Waals surface area contributed by atoms with Gasteiger partial charge in [0.15, 0.2) is 0 Å². The van der Waals surface area contributed by atoms with Crippen LogP contribution in [-0.4, -0.2) is 90.8 Å². The lowest BCUT2D eigenvalue weighted by Crippen LogP contribution is -2.60. The molecule has 0 aromatic heterocycles. The Kier molecular flexibility index (Phi) is 13.4. The fourth-order valence-electron chi connectivity index (χ4n) is 6.79. The maximum absolute atomic E-state index is 14.0. The number of benzene rings is 2. The van der Waals surface area contributed by atoms with Crippen molar-refractivity contribution >= 4 is 23.9 Å². The van der Waals surface area contributed by atoms with E-state index in [1.807, 2.05) is 65.8 Å². The number of carboxylic acid groups (broad SMARTS) is 1. The third-order valence-corrected chi connectivity index (χ3v) is 9.52. The van der Waals surface area contributed by atoms with Gasteiger partial charge in [0.2, 0.25) is 11.8 Å². The summed E-state index contributed by atoms with van der Waals surface area (Å²) in [4.78, 5) is 55.5. The number of nitrogens with zero attached hydrogens (tertiary/aromatic N) is 2. The smallest absolute Gasteiger partial charge is 0.410 e. The van der Waals surface area contributed by atoms with Crippen LogP contribution in [0.5, 0.6) is 0 Å². The Bertz CT molecular complexity index is 1350. The zero-order valence-corrected chi connectivity index (χ0v) is 29.4.